The van der Waals surface area contributed by atoms with Crippen molar-refractivity contribution in [3.05, 3.63) is 64.2 Å². The van der Waals surface area contributed by atoms with Crippen LogP contribution in [0.15, 0.2) is 53.4 Å². The van der Waals surface area contributed by atoms with E-state index < -0.39 is 20.9 Å². The predicted octanol–water partition coefficient (Wildman–Crippen LogP) is 1.78. The zero-order valence-electron chi connectivity index (χ0n) is 15.2. The maximum absolute atomic E-state index is 12.9. The molecule has 1 saturated heterocycles. The summed E-state index contributed by atoms with van der Waals surface area (Å²) in [7, 11) is -1.75. The number of piperazine rings is 1. The second-order valence-electron chi connectivity index (χ2n) is 6.46. The van der Waals surface area contributed by atoms with E-state index in [2.05, 4.69) is 10.2 Å². The summed E-state index contributed by atoms with van der Waals surface area (Å²) in [5, 5.41) is 13.6. The first kappa shape index (κ1) is 19.9. The van der Waals surface area contributed by atoms with Gasteiger partial charge in [0.15, 0.2) is 0 Å². The number of likely N-dealkylation sites (N-methyl/N-ethyl adjacent to an activating group) is 1. The van der Waals surface area contributed by atoms with Gasteiger partial charge in [0, 0.05) is 37.9 Å². The highest BCUT2D eigenvalue weighted by Gasteiger charge is 2.28. The molecule has 0 spiro atoms. The summed E-state index contributed by atoms with van der Waals surface area (Å²) in [5.74, 6) is -0.679. The molecular weight excluding hydrogens is 384 g/mol. The number of hydrogen-bond donors (Lipinski definition) is 1. The molecule has 1 aliphatic heterocycles. The molecule has 3 rings (SSSR count). The molecule has 1 fully saturated rings. The zero-order chi connectivity index (χ0) is 20.3. The van der Waals surface area contributed by atoms with Gasteiger partial charge in [-0.2, -0.15) is 4.31 Å². The van der Waals surface area contributed by atoms with E-state index in [9.17, 15) is 23.3 Å². The fourth-order valence-corrected chi connectivity index (χ4v) is 4.40. The Morgan fingerprint density at radius 1 is 1.07 bits per heavy atom. The first-order chi connectivity index (χ1) is 13.3. The number of nitrogens with zero attached hydrogens (tertiary/aromatic N) is 3. The second-order valence-corrected chi connectivity index (χ2v) is 8.40. The van der Waals surface area contributed by atoms with Crippen LogP contribution in [0.25, 0.3) is 0 Å². The highest BCUT2D eigenvalue weighted by Crippen LogP contribution is 2.23. The van der Waals surface area contributed by atoms with Crippen LogP contribution in [0.1, 0.15) is 10.4 Å². The van der Waals surface area contributed by atoms with Gasteiger partial charge in [-0.15, -0.1) is 0 Å². The van der Waals surface area contributed by atoms with Gasteiger partial charge < -0.3 is 10.2 Å². The van der Waals surface area contributed by atoms with Gasteiger partial charge in [-0.05, 0) is 31.3 Å². The zero-order valence-corrected chi connectivity index (χ0v) is 16.1. The molecule has 0 atom stereocenters. The summed E-state index contributed by atoms with van der Waals surface area (Å²) in [6.07, 6.45) is 0. The Bertz CT molecular complexity index is 1000. The number of nitro groups is 1. The molecule has 10 heteroatoms. The van der Waals surface area contributed by atoms with Gasteiger partial charge in [0.1, 0.15) is 5.56 Å². The van der Waals surface area contributed by atoms with Crippen LogP contribution in [0.2, 0.25) is 0 Å². The molecule has 0 bridgehead atoms. The number of para-hydroxylation sites is 1. The minimum absolute atomic E-state index is 0.0671. The van der Waals surface area contributed by atoms with Crippen molar-refractivity contribution in [3.63, 3.8) is 0 Å². The summed E-state index contributed by atoms with van der Waals surface area (Å²) in [5.41, 5.74) is -0.167. The molecule has 1 heterocycles. The van der Waals surface area contributed by atoms with Crippen molar-refractivity contribution in [1.82, 2.24) is 9.21 Å². The number of anilines is 1. The lowest BCUT2D eigenvalue weighted by atomic mass is 10.1. The number of hydrogen-bond acceptors (Lipinski definition) is 6. The van der Waals surface area contributed by atoms with E-state index in [4.69, 9.17) is 0 Å². The molecule has 1 N–H and O–H groups in total. The Morgan fingerprint density at radius 2 is 1.75 bits per heavy atom. The maximum atomic E-state index is 12.9. The summed E-state index contributed by atoms with van der Waals surface area (Å²) in [4.78, 5) is 25.0. The van der Waals surface area contributed by atoms with Gasteiger partial charge in [0.25, 0.3) is 11.6 Å². The minimum Gasteiger partial charge on any atom is -0.322 e. The van der Waals surface area contributed by atoms with Crippen molar-refractivity contribution >= 4 is 27.3 Å². The van der Waals surface area contributed by atoms with Gasteiger partial charge in [-0.1, -0.05) is 18.2 Å². The van der Waals surface area contributed by atoms with Gasteiger partial charge >= 0.3 is 0 Å². The SMILES string of the molecule is CN1CCN(S(=O)(=O)c2cccc(NC(=O)c3ccccc3[N+](=O)[O-])c2)CC1. The fraction of sp³-hybridized carbons (Fsp3) is 0.278. The number of rotatable bonds is 5. The molecule has 0 saturated carbocycles. The Kier molecular flexibility index (Phi) is 5.73. The average Bonchev–Trinajstić information content (AvgIpc) is 2.68. The van der Waals surface area contributed by atoms with Crippen molar-refractivity contribution in [3.8, 4) is 0 Å². The molecule has 28 heavy (non-hydrogen) atoms. The third-order valence-corrected chi connectivity index (χ3v) is 6.43. The summed E-state index contributed by atoms with van der Waals surface area (Å²) < 4.78 is 27.1. The summed E-state index contributed by atoms with van der Waals surface area (Å²) in [6, 6.07) is 11.5. The van der Waals surface area contributed by atoms with E-state index in [0.29, 0.717) is 26.2 Å². The number of carbonyl (C=O) groups excluding carboxylic acids is 1. The number of sulfonamides is 1. The number of nitrogens with one attached hydrogen (secondary N) is 1. The number of amides is 1. The summed E-state index contributed by atoms with van der Waals surface area (Å²) >= 11 is 0. The predicted molar refractivity (Wildman–Crippen MR) is 104 cm³/mol. The van der Waals surface area contributed by atoms with E-state index in [0.717, 1.165) is 0 Å². The normalized spacial score (nSPS) is 15.9. The molecule has 2 aromatic rings. The maximum Gasteiger partial charge on any atom is 0.282 e. The number of carbonyl (C=O) groups is 1. The molecule has 1 aliphatic rings. The van der Waals surface area contributed by atoms with E-state index in [-0.39, 0.29) is 21.8 Å². The molecule has 0 aromatic heterocycles. The lowest BCUT2D eigenvalue weighted by Crippen LogP contribution is -2.47. The highest BCUT2D eigenvalue weighted by molar-refractivity contribution is 7.89. The van der Waals surface area contributed by atoms with Crippen LogP contribution in [-0.4, -0.2) is 61.7 Å². The smallest absolute Gasteiger partial charge is 0.282 e. The first-order valence-corrected chi connectivity index (χ1v) is 10.1. The van der Waals surface area contributed by atoms with E-state index in [1.54, 1.807) is 0 Å². The lowest BCUT2D eigenvalue weighted by molar-refractivity contribution is -0.385. The van der Waals surface area contributed by atoms with E-state index in [1.807, 2.05) is 7.05 Å². The van der Waals surface area contributed by atoms with Crippen molar-refractivity contribution in [2.24, 2.45) is 0 Å². The third-order valence-electron chi connectivity index (χ3n) is 4.54. The first-order valence-electron chi connectivity index (χ1n) is 8.62. The molecule has 0 aliphatic carbocycles. The Balaban J connectivity index is 1.82. The van der Waals surface area contributed by atoms with Gasteiger partial charge in [-0.25, -0.2) is 8.42 Å². The topological polar surface area (TPSA) is 113 Å². The van der Waals surface area contributed by atoms with Crippen molar-refractivity contribution < 1.29 is 18.1 Å². The van der Waals surface area contributed by atoms with E-state index in [1.165, 1.54) is 52.8 Å². The Labute approximate surface area is 162 Å². The van der Waals surface area contributed by atoms with Gasteiger partial charge in [0.05, 0.1) is 9.82 Å². The Morgan fingerprint density at radius 3 is 2.43 bits per heavy atom. The van der Waals surface area contributed by atoms with Crippen LogP contribution in [0.3, 0.4) is 0 Å². The molecule has 0 unspecified atom stereocenters. The fourth-order valence-electron chi connectivity index (χ4n) is 2.94. The molecule has 9 nitrogen and oxygen atoms in total. The van der Waals surface area contributed by atoms with Crippen molar-refractivity contribution in [1.29, 1.82) is 0 Å². The molecular formula is C18H20N4O5S. The van der Waals surface area contributed by atoms with E-state index >= 15 is 0 Å². The molecule has 2 aromatic carbocycles. The molecule has 0 radical (unpaired) electrons. The van der Waals surface area contributed by atoms with Gasteiger partial charge in [0.2, 0.25) is 10.0 Å². The van der Waals surface area contributed by atoms with Crippen LogP contribution in [0.4, 0.5) is 11.4 Å². The number of nitro benzene ring substituents is 1. The monoisotopic (exact) mass is 404 g/mol. The Hall–Kier alpha value is -2.82. The lowest BCUT2D eigenvalue weighted by Gasteiger charge is -2.31. The third kappa shape index (κ3) is 4.19. The standard InChI is InChI=1S/C18H20N4O5S/c1-20-9-11-21(12-10-20)28(26,27)15-6-4-5-14(13-15)19-18(23)16-7-2-3-8-17(16)22(24)25/h2-8,13H,9-12H2,1H3,(H,19,23). The second kappa shape index (κ2) is 8.05. The van der Waals surface area contributed by atoms with Gasteiger partial charge in [-0.3, -0.25) is 14.9 Å². The van der Waals surface area contributed by atoms with Crippen LogP contribution < -0.4 is 5.32 Å². The minimum atomic E-state index is -3.68. The quantitative estimate of drug-likeness (QED) is 0.600. The van der Waals surface area contributed by atoms with Crippen molar-refractivity contribution in [2.75, 3.05) is 38.5 Å². The van der Waals surface area contributed by atoms with Crippen molar-refractivity contribution in [2.45, 2.75) is 4.90 Å². The molecule has 1 amide bonds. The van der Waals surface area contributed by atoms with Crippen LogP contribution >= 0.6 is 0 Å². The highest BCUT2D eigenvalue weighted by atomic mass is 32.2. The largest absolute Gasteiger partial charge is 0.322 e. The summed E-state index contributed by atoms with van der Waals surface area (Å²) in [6.45, 7) is 2.08. The van der Waals surface area contributed by atoms with Crippen LogP contribution in [-0.2, 0) is 10.0 Å². The van der Waals surface area contributed by atoms with Crippen LogP contribution in [0.5, 0.6) is 0 Å². The number of benzene rings is 2. The van der Waals surface area contributed by atoms with Crippen LogP contribution in [0, 0.1) is 10.1 Å². The molecule has 148 valence electrons. The average molecular weight is 404 g/mol.